The van der Waals surface area contributed by atoms with Crippen LogP contribution in [0.5, 0.6) is 0 Å². The molecule has 0 saturated heterocycles. The third-order valence-electron chi connectivity index (χ3n) is 16.7. The van der Waals surface area contributed by atoms with E-state index < -0.39 is 17.4 Å². The normalized spacial score (nSPS) is 35.3. The van der Waals surface area contributed by atoms with Crippen molar-refractivity contribution >= 4 is 17.7 Å². The van der Waals surface area contributed by atoms with Crippen LogP contribution in [0.3, 0.4) is 0 Å². The SMILES string of the molecule is CC(C)C1=C2[C@H]3CCC4[C@@]5(C)CC[C@H](OC(=O)CC(C)(C)C(=O)O)C(C)(C)C5CC[C@@]4(C)[C@]3(C)CC[C@@]2(Cc2nnc(-c3ccc(C#N)cc3)n2C)CC1=O. The number of ketones is 1. The zero-order valence-electron chi connectivity index (χ0n) is 34.8. The molecule has 2 unspecified atom stereocenters. The average Bonchev–Trinajstić information content (AvgIpc) is 3.61. The van der Waals surface area contributed by atoms with E-state index in [1.165, 1.54) is 5.57 Å². The molecule has 0 aliphatic heterocycles. The summed E-state index contributed by atoms with van der Waals surface area (Å²) >= 11 is 0. The van der Waals surface area contributed by atoms with Gasteiger partial charge in [-0.05, 0) is 135 Å². The van der Waals surface area contributed by atoms with E-state index in [0.29, 0.717) is 41.9 Å². The van der Waals surface area contributed by atoms with E-state index >= 15 is 0 Å². The molecule has 4 fully saturated rings. The van der Waals surface area contributed by atoms with Crippen LogP contribution in [0.4, 0.5) is 0 Å². The van der Waals surface area contributed by atoms with Gasteiger partial charge in [0.2, 0.25) is 0 Å². The van der Waals surface area contributed by atoms with Crippen LogP contribution in [0.2, 0.25) is 0 Å². The van der Waals surface area contributed by atoms with Crippen molar-refractivity contribution in [1.29, 1.82) is 5.26 Å². The number of hydrogen-bond donors (Lipinski definition) is 1. The molecule has 55 heavy (non-hydrogen) atoms. The first-order valence-electron chi connectivity index (χ1n) is 20.7. The zero-order valence-corrected chi connectivity index (χ0v) is 34.8. The molecular formula is C46H62N4O5. The fourth-order valence-electron chi connectivity index (χ4n) is 13.5. The highest BCUT2D eigenvalue weighted by Crippen LogP contribution is 2.77. The molecule has 8 atom stereocenters. The Morgan fingerprint density at radius 1 is 0.964 bits per heavy atom. The van der Waals surface area contributed by atoms with Gasteiger partial charge in [-0.15, -0.1) is 10.2 Å². The number of aliphatic carboxylic acids is 1. The van der Waals surface area contributed by atoms with Crippen LogP contribution in [0, 0.1) is 67.5 Å². The molecule has 0 bridgehead atoms. The number of nitrogens with zero attached hydrogens (tertiary/aromatic N) is 4. The lowest BCUT2D eigenvalue weighted by Gasteiger charge is -2.72. The number of rotatable bonds is 8. The monoisotopic (exact) mass is 750 g/mol. The van der Waals surface area contributed by atoms with Gasteiger partial charge in [0.1, 0.15) is 11.9 Å². The quantitative estimate of drug-likeness (QED) is 0.264. The van der Waals surface area contributed by atoms with Gasteiger partial charge < -0.3 is 14.4 Å². The number of carbonyl (C=O) groups excluding carboxylic acids is 2. The lowest BCUT2D eigenvalue weighted by molar-refractivity contribution is -0.233. The van der Waals surface area contributed by atoms with Crippen LogP contribution in [0.15, 0.2) is 35.4 Å². The van der Waals surface area contributed by atoms with Crippen LogP contribution in [-0.2, 0) is 32.6 Å². The van der Waals surface area contributed by atoms with Gasteiger partial charge >= 0.3 is 11.9 Å². The second-order valence-electron chi connectivity index (χ2n) is 20.5. The van der Waals surface area contributed by atoms with E-state index in [1.54, 1.807) is 13.8 Å². The molecule has 0 radical (unpaired) electrons. The smallest absolute Gasteiger partial charge is 0.309 e. The number of allylic oxidation sites excluding steroid dienone is 2. The summed E-state index contributed by atoms with van der Waals surface area (Å²) in [5.41, 5.74) is 2.52. The lowest BCUT2D eigenvalue weighted by atomic mass is 9.33. The van der Waals surface area contributed by atoms with Crippen molar-refractivity contribution in [2.24, 2.45) is 63.2 Å². The number of fused-ring (bicyclic) bond motifs is 7. The minimum Gasteiger partial charge on any atom is -0.481 e. The number of carboxylic acids is 1. The van der Waals surface area contributed by atoms with Gasteiger partial charge in [-0.25, -0.2) is 0 Å². The number of aromatic nitrogens is 3. The Morgan fingerprint density at radius 3 is 2.29 bits per heavy atom. The largest absolute Gasteiger partial charge is 0.481 e. The average molecular weight is 751 g/mol. The summed E-state index contributed by atoms with van der Waals surface area (Å²) in [4.78, 5) is 39.1. The molecule has 1 N–H and O–H groups in total. The second kappa shape index (κ2) is 13.1. The molecule has 7 rings (SSSR count). The Balaban J connectivity index is 1.18. The van der Waals surface area contributed by atoms with Crippen LogP contribution >= 0.6 is 0 Å². The molecule has 9 nitrogen and oxygen atoms in total. The molecule has 296 valence electrons. The predicted molar refractivity (Wildman–Crippen MR) is 210 cm³/mol. The van der Waals surface area contributed by atoms with Gasteiger partial charge in [0, 0.05) is 36.3 Å². The number of ether oxygens (including phenoxy) is 1. The van der Waals surface area contributed by atoms with E-state index in [0.717, 1.165) is 74.2 Å². The summed E-state index contributed by atoms with van der Waals surface area (Å²) in [6.07, 6.45) is 8.99. The zero-order chi connectivity index (χ0) is 40.1. The molecule has 1 heterocycles. The van der Waals surface area contributed by atoms with Crippen molar-refractivity contribution in [3.05, 3.63) is 46.8 Å². The van der Waals surface area contributed by atoms with Crippen molar-refractivity contribution in [1.82, 2.24) is 14.8 Å². The highest BCUT2D eigenvalue weighted by Gasteiger charge is 2.70. The molecule has 5 aliphatic carbocycles. The Labute approximate surface area is 327 Å². The number of carboxylic acid groups (broad SMARTS) is 1. The summed E-state index contributed by atoms with van der Waals surface area (Å²) < 4.78 is 8.27. The minimum absolute atomic E-state index is 0.0247. The summed E-state index contributed by atoms with van der Waals surface area (Å²) in [6, 6.07) is 9.67. The number of nitriles is 1. The molecule has 0 spiro atoms. The van der Waals surface area contributed by atoms with E-state index in [1.807, 2.05) is 31.3 Å². The first kappa shape index (κ1) is 39.4. The van der Waals surface area contributed by atoms with Gasteiger partial charge in [-0.2, -0.15) is 5.26 Å². The van der Waals surface area contributed by atoms with Crippen molar-refractivity contribution < 1.29 is 24.2 Å². The molecule has 0 amide bonds. The summed E-state index contributed by atoms with van der Waals surface area (Å²) in [5, 5.41) is 28.3. The van der Waals surface area contributed by atoms with Crippen LogP contribution in [0.25, 0.3) is 11.4 Å². The molecule has 1 aromatic carbocycles. The Bertz CT molecular complexity index is 1980. The van der Waals surface area contributed by atoms with Gasteiger partial charge in [0.05, 0.1) is 23.5 Å². The first-order valence-corrected chi connectivity index (χ1v) is 20.7. The van der Waals surface area contributed by atoms with Gasteiger partial charge in [0.15, 0.2) is 11.6 Å². The van der Waals surface area contributed by atoms with E-state index in [-0.39, 0.29) is 45.5 Å². The highest BCUT2D eigenvalue weighted by atomic mass is 16.5. The summed E-state index contributed by atoms with van der Waals surface area (Å²) in [6.45, 7) is 19.8. The third-order valence-corrected chi connectivity index (χ3v) is 16.7. The van der Waals surface area contributed by atoms with E-state index in [9.17, 15) is 24.8 Å². The summed E-state index contributed by atoms with van der Waals surface area (Å²) in [7, 11) is 2.02. The fraction of sp³-hybridized carbons (Fsp3) is 0.696. The maximum absolute atomic E-state index is 14.2. The van der Waals surface area contributed by atoms with Crippen molar-refractivity contribution in [3.63, 3.8) is 0 Å². The molecule has 5 aliphatic rings. The van der Waals surface area contributed by atoms with Crippen LogP contribution in [-0.4, -0.2) is 43.7 Å². The van der Waals surface area contributed by atoms with E-state index in [2.05, 4.69) is 64.2 Å². The van der Waals surface area contributed by atoms with Crippen molar-refractivity contribution in [3.8, 4) is 17.5 Å². The molecule has 9 heteroatoms. The predicted octanol–water partition coefficient (Wildman–Crippen LogP) is 9.29. The first-order chi connectivity index (χ1) is 25.6. The maximum Gasteiger partial charge on any atom is 0.309 e. The molecule has 1 aromatic heterocycles. The number of carbonyl (C=O) groups is 3. The van der Waals surface area contributed by atoms with Gasteiger partial charge in [0.25, 0.3) is 0 Å². The fourth-order valence-corrected chi connectivity index (χ4v) is 13.5. The molecule has 4 saturated carbocycles. The van der Waals surface area contributed by atoms with Gasteiger partial charge in [-0.1, -0.05) is 54.0 Å². The third kappa shape index (κ3) is 5.85. The number of hydrogen-bond acceptors (Lipinski definition) is 7. The number of Topliss-reactive ketones (excluding diaryl/α,β-unsaturated/α-hetero) is 1. The highest BCUT2D eigenvalue weighted by molar-refractivity contribution is 6.00. The Morgan fingerprint density at radius 2 is 1.65 bits per heavy atom. The molecular weight excluding hydrogens is 689 g/mol. The maximum atomic E-state index is 14.2. The topological polar surface area (TPSA) is 135 Å². The lowest BCUT2D eigenvalue weighted by Crippen LogP contribution is -2.65. The van der Waals surface area contributed by atoms with Crippen LogP contribution < -0.4 is 0 Å². The van der Waals surface area contributed by atoms with Crippen molar-refractivity contribution in [2.45, 2.75) is 139 Å². The van der Waals surface area contributed by atoms with Gasteiger partial charge in [-0.3, -0.25) is 14.4 Å². The second-order valence-corrected chi connectivity index (χ2v) is 20.5. The number of benzene rings is 1. The standard InChI is InChI=1S/C46H62N4O5/c1-27(2)37-31(51)23-46(24-35-48-49-39(50(35)10)29-13-11-28(26-47)12-14-29)22-21-44(8)30(38(37)46)15-16-33-43(7)19-18-34(55-36(52)25-41(3,4)40(53)54)42(5,6)32(43)17-20-45(33,44)9/h11-14,27,30,32-34H,15-25H2,1-10H3,(H,53,54)/t30-,32?,33?,34+,43+,44-,45-,46+/m1/s1. The Kier molecular flexibility index (Phi) is 9.41. The summed E-state index contributed by atoms with van der Waals surface area (Å²) in [5.74, 6) is 1.93. The minimum atomic E-state index is -1.17. The van der Waals surface area contributed by atoms with Crippen molar-refractivity contribution in [2.75, 3.05) is 0 Å². The van der Waals surface area contributed by atoms with Crippen LogP contribution in [0.1, 0.15) is 138 Å². The number of esters is 1. The molecule has 2 aromatic rings. The van der Waals surface area contributed by atoms with E-state index in [4.69, 9.17) is 9.84 Å². The Hall–Kier alpha value is -3.80.